The highest BCUT2D eigenvalue weighted by atomic mass is 35.5. The van der Waals surface area contributed by atoms with Crippen LogP contribution in [0, 0.1) is 18.8 Å². The largest absolute Gasteiger partial charge is 0.349 e. The second kappa shape index (κ2) is 16.6. The van der Waals surface area contributed by atoms with Crippen molar-refractivity contribution < 1.29 is 14.4 Å². The summed E-state index contributed by atoms with van der Waals surface area (Å²) in [5.74, 6) is 0.204. The van der Waals surface area contributed by atoms with Gasteiger partial charge in [0.1, 0.15) is 6.04 Å². The second-order valence-electron chi connectivity index (χ2n) is 13.9. The predicted molar refractivity (Wildman–Crippen MR) is 198 cm³/mol. The van der Waals surface area contributed by atoms with Gasteiger partial charge in [-0.1, -0.05) is 41.9 Å². The number of nitrogens with zero attached hydrogens (tertiary/aromatic N) is 4. The number of aromatic amines is 1. The Morgan fingerprint density at radius 3 is 2.27 bits per heavy atom. The molecule has 1 saturated heterocycles. The number of halogens is 1. The van der Waals surface area contributed by atoms with Gasteiger partial charge in [-0.2, -0.15) is 5.21 Å². The molecule has 3 amide bonds. The fraction of sp³-hybridized carbons (Fsp3) is 0.421. The number of piperidine rings is 1. The Balaban J connectivity index is 1.15. The molecule has 0 unspecified atom stereocenters. The quantitative estimate of drug-likeness (QED) is 0.148. The lowest BCUT2D eigenvalue weighted by Gasteiger charge is -2.29. The first-order chi connectivity index (χ1) is 24.7. The van der Waals surface area contributed by atoms with E-state index in [0.29, 0.717) is 41.0 Å². The van der Waals surface area contributed by atoms with E-state index in [1.54, 1.807) is 24.3 Å². The van der Waals surface area contributed by atoms with Gasteiger partial charge in [-0.3, -0.25) is 14.4 Å². The monoisotopic (exact) mass is 711 g/mol. The Kier molecular flexibility index (Phi) is 11.8. The van der Waals surface area contributed by atoms with Gasteiger partial charge in [0.25, 0.3) is 5.91 Å². The summed E-state index contributed by atoms with van der Waals surface area (Å²) in [6.07, 6.45) is 5.48. The van der Waals surface area contributed by atoms with Crippen molar-refractivity contribution in [2.24, 2.45) is 17.6 Å². The number of hydrogen-bond donors (Lipinski definition) is 5. The second-order valence-corrected chi connectivity index (χ2v) is 14.2. The molecule has 51 heavy (non-hydrogen) atoms. The topological polar surface area (TPSA) is 171 Å². The number of rotatable bonds is 11. The molecular formula is C38H46ClN9O3. The Hall–Kier alpha value is -4.65. The average Bonchev–Trinajstić information content (AvgIpc) is 3.69. The van der Waals surface area contributed by atoms with Crippen LogP contribution in [0.5, 0.6) is 0 Å². The zero-order valence-corrected chi connectivity index (χ0v) is 29.9. The standard InChI is InChI=1S/C38H46ClN9O3/c1-23-31(37(50)41-30-17-19-48(2)20-18-30)15-16-32(34(23)39)26-7-3-24(4-8-26)21-33(43-36(49)28-9-5-25(22-40)6-10-28)38(51)42-29-13-11-27(12-14-29)35-44-46-47-45-35/h3-4,7-8,11-16,25,28,30,33H,5-6,9-10,17-22,40H2,1-2H3,(H,41,50)(H,42,51)(H,43,49)(H,44,45,46,47)/t25-,28-,33-/m0/s1. The highest BCUT2D eigenvalue weighted by Gasteiger charge is 2.30. The smallest absolute Gasteiger partial charge is 0.251 e. The van der Waals surface area contributed by atoms with Crippen molar-refractivity contribution in [2.45, 2.75) is 64.0 Å². The first kappa shape index (κ1) is 36.2. The minimum Gasteiger partial charge on any atom is -0.349 e. The molecule has 2 fully saturated rings. The highest BCUT2D eigenvalue weighted by Crippen LogP contribution is 2.33. The molecule has 1 atom stereocenters. The van der Waals surface area contributed by atoms with Gasteiger partial charge in [-0.05, 0) is 130 Å². The van der Waals surface area contributed by atoms with Crippen LogP contribution >= 0.6 is 11.6 Å². The van der Waals surface area contributed by atoms with Crippen LogP contribution in [0.25, 0.3) is 22.5 Å². The molecule has 13 heteroatoms. The summed E-state index contributed by atoms with van der Waals surface area (Å²) in [7, 11) is 2.10. The molecule has 1 aliphatic heterocycles. The molecule has 0 radical (unpaired) electrons. The summed E-state index contributed by atoms with van der Waals surface area (Å²) in [6, 6.07) is 18.0. The molecule has 268 valence electrons. The lowest BCUT2D eigenvalue weighted by atomic mass is 9.81. The SMILES string of the molecule is Cc1c(C(=O)NC2CCN(C)CC2)ccc(-c2ccc(C[C@H](NC(=O)[C@H]3CC[C@H](CN)CC3)C(=O)Nc3ccc(-c4nn[nH]n4)cc3)cc2)c1Cl. The third kappa shape index (κ3) is 8.99. The number of likely N-dealkylation sites (tertiary alicyclic amines) is 1. The lowest BCUT2D eigenvalue weighted by Crippen LogP contribution is -2.48. The number of nitrogens with one attached hydrogen (secondary N) is 4. The van der Waals surface area contributed by atoms with Gasteiger partial charge in [0.2, 0.25) is 17.6 Å². The number of H-pyrrole nitrogens is 1. The van der Waals surface area contributed by atoms with Gasteiger partial charge in [-0.15, -0.1) is 10.2 Å². The van der Waals surface area contributed by atoms with E-state index in [1.165, 1.54) is 0 Å². The lowest BCUT2D eigenvalue weighted by molar-refractivity contribution is -0.130. The number of carbonyl (C=O) groups is 3. The maximum Gasteiger partial charge on any atom is 0.251 e. The molecule has 1 aliphatic carbocycles. The Bertz CT molecular complexity index is 1800. The van der Waals surface area contributed by atoms with Crippen LogP contribution in [-0.4, -0.2) is 82.0 Å². The Morgan fingerprint density at radius 1 is 0.941 bits per heavy atom. The van der Waals surface area contributed by atoms with Crippen molar-refractivity contribution in [3.05, 3.63) is 82.4 Å². The fourth-order valence-corrected chi connectivity index (χ4v) is 7.28. The summed E-state index contributed by atoms with van der Waals surface area (Å²) < 4.78 is 0. The highest BCUT2D eigenvalue weighted by molar-refractivity contribution is 6.34. The molecule has 1 saturated carbocycles. The number of nitrogens with two attached hydrogens (primary N) is 1. The van der Waals surface area contributed by atoms with E-state index >= 15 is 0 Å². The van der Waals surface area contributed by atoms with Gasteiger partial charge < -0.3 is 26.6 Å². The molecule has 6 N–H and O–H groups in total. The van der Waals surface area contributed by atoms with Crippen molar-refractivity contribution in [3.63, 3.8) is 0 Å². The van der Waals surface area contributed by atoms with Crippen LogP contribution in [0.2, 0.25) is 5.02 Å². The first-order valence-corrected chi connectivity index (χ1v) is 18.1. The fourth-order valence-electron chi connectivity index (χ4n) is 7.00. The number of anilines is 1. The minimum absolute atomic E-state index is 0.104. The molecule has 1 aromatic heterocycles. The van der Waals surface area contributed by atoms with E-state index in [1.807, 2.05) is 43.3 Å². The van der Waals surface area contributed by atoms with Crippen LogP contribution in [0.15, 0.2) is 60.7 Å². The van der Waals surface area contributed by atoms with E-state index < -0.39 is 6.04 Å². The van der Waals surface area contributed by atoms with Crippen LogP contribution < -0.4 is 21.7 Å². The third-order valence-corrected chi connectivity index (χ3v) is 10.8. The van der Waals surface area contributed by atoms with Gasteiger partial charge in [0.05, 0.1) is 5.02 Å². The summed E-state index contributed by atoms with van der Waals surface area (Å²) >= 11 is 6.86. The normalized spacial score (nSPS) is 18.9. The predicted octanol–water partition coefficient (Wildman–Crippen LogP) is 4.75. The maximum atomic E-state index is 13.7. The van der Waals surface area contributed by atoms with Crippen LogP contribution in [-0.2, 0) is 16.0 Å². The summed E-state index contributed by atoms with van der Waals surface area (Å²) in [4.78, 5) is 42.6. The molecule has 4 aromatic rings. The van der Waals surface area contributed by atoms with Gasteiger partial charge in [0, 0.05) is 40.8 Å². The molecule has 12 nitrogen and oxygen atoms in total. The molecule has 0 bridgehead atoms. The van der Waals surface area contributed by atoms with Crippen molar-refractivity contribution in [3.8, 4) is 22.5 Å². The number of benzene rings is 3. The molecule has 2 heterocycles. The van der Waals surface area contributed by atoms with E-state index in [9.17, 15) is 14.4 Å². The van der Waals surface area contributed by atoms with Crippen LogP contribution in [0.3, 0.4) is 0 Å². The Morgan fingerprint density at radius 2 is 1.63 bits per heavy atom. The zero-order chi connectivity index (χ0) is 35.9. The third-order valence-electron chi connectivity index (χ3n) is 10.3. The number of aromatic nitrogens is 4. The molecule has 0 spiro atoms. The number of amides is 3. The van der Waals surface area contributed by atoms with E-state index in [2.05, 4.69) is 48.5 Å². The van der Waals surface area contributed by atoms with Crippen LogP contribution in [0.4, 0.5) is 5.69 Å². The number of hydrogen-bond acceptors (Lipinski definition) is 8. The molecule has 3 aromatic carbocycles. The summed E-state index contributed by atoms with van der Waals surface area (Å²) in [5, 5.41) is 23.7. The minimum atomic E-state index is -0.805. The molecular weight excluding hydrogens is 666 g/mol. The maximum absolute atomic E-state index is 13.7. The summed E-state index contributed by atoms with van der Waals surface area (Å²) in [5.41, 5.74) is 11.1. The van der Waals surface area contributed by atoms with Gasteiger partial charge >= 0.3 is 0 Å². The number of carbonyl (C=O) groups excluding carboxylic acids is 3. The molecule has 2 aliphatic rings. The first-order valence-electron chi connectivity index (χ1n) is 17.7. The average molecular weight is 712 g/mol. The van der Waals surface area contributed by atoms with Crippen LogP contribution in [0.1, 0.15) is 60.0 Å². The van der Waals surface area contributed by atoms with Crippen molar-refractivity contribution >= 4 is 35.0 Å². The van der Waals surface area contributed by atoms with Crippen molar-refractivity contribution in [1.82, 2.24) is 36.2 Å². The van der Waals surface area contributed by atoms with E-state index in [4.69, 9.17) is 17.3 Å². The van der Waals surface area contributed by atoms with E-state index in [0.717, 1.165) is 79.4 Å². The van der Waals surface area contributed by atoms with Crippen molar-refractivity contribution in [1.29, 1.82) is 0 Å². The van der Waals surface area contributed by atoms with Gasteiger partial charge in [0.15, 0.2) is 0 Å². The van der Waals surface area contributed by atoms with E-state index in [-0.39, 0.29) is 29.7 Å². The van der Waals surface area contributed by atoms with Gasteiger partial charge in [-0.25, -0.2) is 0 Å². The summed E-state index contributed by atoms with van der Waals surface area (Å²) in [6.45, 7) is 4.43. The van der Waals surface area contributed by atoms with Crippen molar-refractivity contribution in [2.75, 3.05) is 32.0 Å². The Labute approximate surface area is 303 Å². The molecule has 6 rings (SSSR count). The number of tetrazole rings is 1. The zero-order valence-electron chi connectivity index (χ0n) is 29.1.